The largest absolute Gasteiger partial charge is 0.491 e. The number of fused-ring (bicyclic) bond motifs is 1. The summed E-state index contributed by atoms with van der Waals surface area (Å²) in [6, 6.07) is 8.93. The van der Waals surface area contributed by atoms with Gasteiger partial charge in [0.05, 0.1) is 18.2 Å². The Balaban J connectivity index is 1.48. The van der Waals surface area contributed by atoms with Crippen molar-refractivity contribution in [2.45, 2.75) is 32.5 Å². The van der Waals surface area contributed by atoms with Crippen molar-refractivity contribution in [2.75, 3.05) is 19.7 Å². The molecule has 0 fully saturated rings. The second-order valence-electron chi connectivity index (χ2n) is 5.87. The summed E-state index contributed by atoms with van der Waals surface area (Å²) < 4.78 is 7.74. The van der Waals surface area contributed by atoms with Crippen molar-refractivity contribution in [2.24, 2.45) is 0 Å². The third-order valence-corrected chi connectivity index (χ3v) is 4.12. The lowest BCUT2D eigenvalue weighted by Crippen LogP contribution is -2.40. The van der Waals surface area contributed by atoms with Gasteiger partial charge in [-0.3, -0.25) is 4.90 Å². The summed E-state index contributed by atoms with van der Waals surface area (Å²) in [6.07, 6.45) is 0.300. The number of benzene rings is 1. The molecular formula is C17H21N5O2. The molecule has 0 saturated heterocycles. The molecule has 0 unspecified atom stereocenters. The van der Waals surface area contributed by atoms with E-state index in [9.17, 15) is 5.11 Å². The van der Waals surface area contributed by atoms with Crippen LogP contribution in [-0.4, -0.2) is 50.6 Å². The number of aryl methyl sites for hydroxylation is 1. The first-order valence-electron chi connectivity index (χ1n) is 8.14. The first-order valence-corrected chi connectivity index (χ1v) is 8.14. The molecule has 3 rings (SSSR count). The smallest absolute Gasteiger partial charge is 0.147 e. The maximum Gasteiger partial charge on any atom is 0.147 e. The van der Waals surface area contributed by atoms with Gasteiger partial charge in [0.15, 0.2) is 0 Å². The van der Waals surface area contributed by atoms with Crippen molar-refractivity contribution < 1.29 is 9.84 Å². The molecule has 0 spiro atoms. The van der Waals surface area contributed by atoms with E-state index in [2.05, 4.69) is 32.7 Å². The van der Waals surface area contributed by atoms with Crippen molar-refractivity contribution in [1.29, 1.82) is 5.26 Å². The summed E-state index contributed by atoms with van der Waals surface area (Å²) in [5.41, 5.74) is 0.590. The summed E-state index contributed by atoms with van der Waals surface area (Å²) in [6.45, 7) is 5.25. The van der Waals surface area contributed by atoms with Gasteiger partial charge in [-0.05, 0) is 24.3 Å². The van der Waals surface area contributed by atoms with E-state index >= 15 is 0 Å². The predicted molar refractivity (Wildman–Crippen MR) is 87.3 cm³/mol. The van der Waals surface area contributed by atoms with Gasteiger partial charge in [-0.15, -0.1) is 10.2 Å². The van der Waals surface area contributed by atoms with Gasteiger partial charge in [0.2, 0.25) is 0 Å². The maximum atomic E-state index is 10.2. The summed E-state index contributed by atoms with van der Waals surface area (Å²) in [7, 11) is 0. The Kier molecular flexibility index (Phi) is 5.08. The number of nitrogens with zero attached hydrogens (tertiary/aromatic N) is 5. The highest BCUT2D eigenvalue weighted by atomic mass is 16.5. The highest BCUT2D eigenvalue weighted by Crippen LogP contribution is 2.14. The Hall–Kier alpha value is -2.43. The zero-order chi connectivity index (χ0) is 16.9. The van der Waals surface area contributed by atoms with E-state index in [1.165, 1.54) is 0 Å². The van der Waals surface area contributed by atoms with Crippen LogP contribution in [0.25, 0.3) is 0 Å². The number of hydrogen-bond donors (Lipinski definition) is 1. The van der Waals surface area contributed by atoms with Crippen LogP contribution >= 0.6 is 0 Å². The van der Waals surface area contributed by atoms with Gasteiger partial charge in [-0.2, -0.15) is 5.26 Å². The average Bonchev–Trinajstić information content (AvgIpc) is 3.02. The van der Waals surface area contributed by atoms with Gasteiger partial charge in [0.1, 0.15) is 30.1 Å². The molecule has 0 radical (unpaired) electrons. The summed E-state index contributed by atoms with van der Waals surface area (Å²) in [5.74, 6) is 2.63. The normalized spacial score (nSPS) is 15.5. The number of β-amino-alcohol motifs (C(OH)–C–C–N with tert-alkyl or cyclic N) is 1. The van der Waals surface area contributed by atoms with Gasteiger partial charge < -0.3 is 14.4 Å². The summed E-state index contributed by atoms with van der Waals surface area (Å²) >= 11 is 0. The second-order valence-corrected chi connectivity index (χ2v) is 5.87. The van der Waals surface area contributed by atoms with E-state index in [0.717, 1.165) is 31.2 Å². The fraction of sp³-hybridized carbons (Fsp3) is 0.471. The van der Waals surface area contributed by atoms with E-state index in [0.29, 0.717) is 24.4 Å². The Morgan fingerprint density at radius 2 is 2.08 bits per heavy atom. The summed E-state index contributed by atoms with van der Waals surface area (Å²) in [5, 5.41) is 27.4. The fourth-order valence-corrected chi connectivity index (χ4v) is 2.85. The van der Waals surface area contributed by atoms with Crippen LogP contribution in [0.1, 0.15) is 24.1 Å². The number of rotatable bonds is 6. The Labute approximate surface area is 141 Å². The van der Waals surface area contributed by atoms with Crippen LogP contribution in [-0.2, 0) is 19.5 Å². The minimum absolute atomic E-state index is 0.218. The van der Waals surface area contributed by atoms with E-state index in [-0.39, 0.29) is 6.61 Å². The monoisotopic (exact) mass is 327 g/mol. The zero-order valence-electron chi connectivity index (χ0n) is 13.7. The van der Waals surface area contributed by atoms with Crippen LogP contribution in [0.15, 0.2) is 24.3 Å². The third-order valence-electron chi connectivity index (χ3n) is 4.12. The molecule has 1 atom stereocenters. The molecule has 1 aromatic heterocycles. The minimum atomic E-state index is -0.583. The van der Waals surface area contributed by atoms with Crippen molar-refractivity contribution in [3.05, 3.63) is 41.5 Å². The fourth-order valence-electron chi connectivity index (χ4n) is 2.85. The molecule has 24 heavy (non-hydrogen) atoms. The lowest BCUT2D eigenvalue weighted by molar-refractivity contribution is 0.0581. The minimum Gasteiger partial charge on any atom is -0.491 e. The molecular weight excluding hydrogens is 306 g/mol. The maximum absolute atomic E-state index is 10.2. The number of nitriles is 1. The van der Waals surface area contributed by atoms with E-state index in [1.54, 1.807) is 24.3 Å². The molecule has 2 aromatic rings. The van der Waals surface area contributed by atoms with Crippen LogP contribution in [0.2, 0.25) is 0 Å². The SMILES string of the molecule is CCc1nnc2n1CCN(C[C@H](O)COc1ccc(C#N)cc1)C2. The van der Waals surface area contributed by atoms with Crippen molar-refractivity contribution >= 4 is 0 Å². The van der Waals surface area contributed by atoms with E-state index in [1.807, 2.05) is 0 Å². The lowest BCUT2D eigenvalue weighted by atomic mass is 10.2. The van der Waals surface area contributed by atoms with Crippen LogP contribution in [0, 0.1) is 11.3 Å². The number of aliphatic hydroxyl groups excluding tert-OH is 1. The molecule has 2 heterocycles. The Morgan fingerprint density at radius 1 is 1.29 bits per heavy atom. The van der Waals surface area contributed by atoms with Gasteiger partial charge in [-0.1, -0.05) is 6.92 Å². The molecule has 1 N–H and O–H groups in total. The number of aliphatic hydroxyl groups is 1. The van der Waals surface area contributed by atoms with Crippen molar-refractivity contribution in [3.8, 4) is 11.8 Å². The van der Waals surface area contributed by atoms with Crippen LogP contribution in [0.3, 0.4) is 0 Å². The first-order chi connectivity index (χ1) is 11.7. The highest BCUT2D eigenvalue weighted by Gasteiger charge is 2.22. The van der Waals surface area contributed by atoms with Crippen LogP contribution < -0.4 is 4.74 Å². The Morgan fingerprint density at radius 3 is 2.79 bits per heavy atom. The highest BCUT2D eigenvalue weighted by molar-refractivity contribution is 5.34. The molecule has 0 saturated carbocycles. The van der Waals surface area contributed by atoms with Gasteiger partial charge in [0.25, 0.3) is 0 Å². The summed E-state index contributed by atoms with van der Waals surface area (Å²) in [4.78, 5) is 2.16. The standard InChI is InChI=1S/C17H21N5O2/c1-2-16-19-20-17-11-21(7-8-22(16)17)10-14(23)12-24-15-5-3-13(9-18)4-6-15/h3-6,14,23H,2,7-8,10-12H2,1H3/t14-/m0/s1. The van der Waals surface area contributed by atoms with Crippen LogP contribution in [0.5, 0.6) is 5.75 Å². The van der Waals surface area contributed by atoms with Gasteiger partial charge >= 0.3 is 0 Å². The number of hydrogen-bond acceptors (Lipinski definition) is 6. The molecule has 0 bridgehead atoms. The molecule has 1 aliphatic rings. The molecule has 126 valence electrons. The van der Waals surface area contributed by atoms with Gasteiger partial charge in [-0.25, -0.2) is 0 Å². The van der Waals surface area contributed by atoms with E-state index < -0.39 is 6.10 Å². The second kappa shape index (κ2) is 7.43. The quantitative estimate of drug-likeness (QED) is 0.850. The van der Waals surface area contributed by atoms with Crippen LogP contribution in [0.4, 0.5) is 0 Å². The average molecular weight is 327 g/mol. The molecule has 7 heteroatoms. The Bertz CT molecular complexity index is 720. The number of ether oxygens (including phenoxy) is 1. The zero-order valence-corrected chi connectivity index (χ0v) is 13.7. The van der Waals surface area contributed by atoms with Crippen molar-refractivity contribution in [1.82, 2.24) is 19.7 Å². The molecule has 1 aliphatic heterocycles. The van der Waals surface area contributed by atoms with Crippen molar-refractivity contribution in [3.63, 3.8) is 0 Å². The van der Waals surface area contributed by atoms with Gasteiger partial charge in [0, 0.05) is 26.1 Å². The molecule has 0 amide bonds. The first kappa shape index (κ1) is 16.4. The predicted octanol–water partition coefficient (Wildman–Crippen LogP) is 0.968. The van der Waals surface area contributed by atoms with E-state index in [4.69, 9.17) is 10.00 Å². The lowest BCUT2D eigenvalue weighted by Gasteiger charge is -2.29. The number of aromatic nitrogens is 3. The topological polar surface area (TPSA) is 87.2 Å². The molecule has 1 aromatic carbocycles. The third kappa shape index (κ3) is 3.72. The molecule has 7 nitrogen and oxygen atoms in total. The molecule has 0 aliphatic carbocycles.